The van der Waals surface area contributed by atoms with Crippen molar-refractivity contribution in [3.63, 3.8) is 0 Å². The molecule has 0 saturated heterocycles. The van der Waals surface area contributed by atoms with Gasteiger partial charge in [0.05, 0.1) is 5.75 Å². The molecular formula is C15H20N4O2S. The van der Waals surface area contributed by atoms with Crippen LogP contribution in [-0.2, 0) is 17.9 Å². The molecule has 0 unspecified atom stereocenters. The SMILES string of the molecule is CCn1c(COc2cccc(C)c2C)nnc1SCC(N)=O. The Labute approximate surface area is 134 Å². The quantitative estimate of drug-likeness (QED) is 0.790. The summed E-state index contributed by atoms with van der Waals surface area (Å²) in [6.07, 6.45) is 0. The number of ether oxygens (including phenoxy) is 1. The third kappa shape index (κ3) is 3.79. The van der Waals surface area contributed by atoms with Crippen molar-refractivity contribution in [1.82, 2.24) is 14.8 Å². The van der Waals surface area contributed by atoms with E-state index in [0.29, 0.717) is 18.3 Å². The molecule has 1 aromatic carbocycles. The lowest BCUT2D eigenvalue weighted by Gasteiger charge is -2.11. The van der Waals surface area contributed by atoms with Crippen molar-refractivity contribution in [1.29, 1.82) is 0 Å². The van der Waals surface area contributed by atoms with Gasteiger partial charge in [0.25, 0.3) is 0 Å². The standard InChI is InChI=1S/C15H20N4O2S/c1-4-19-14(17-18-15(19)22-9-13(16)20)8-21-12-7-5-6-10(2)11(12)3/h5-7H,4,8-9H2,1-3H3,(H2,16,20). The van der Waals surface area contributed by atoms with Gasteiger partial charge in [-0.05, 0) is 38.0 Å². The fraction of sp³-hybridized carbons (Fsp3) is 0.400. The zero-order chi connectivity index (χ0) is 16.1. The van der Waals surface area contributed by atoms with Crippen molar-refractivity contribution >= 4 is 17.7 Å². The largest absolute Gasteiger partial charge is 0.485 e. The first-order valence-electron chi connectivity index (χ1n) is 7.05. The van der Waals surface area contributed by atoms with Crippen LogP contribution in [0.5, 0.6) is 5.75 Å². The lowest BCUT2D eigenvalue weighted by molar-refractivity contribution is -0.115. The molecule has 2 N–H and O–H groups in total. The Kier molecular flexibility index (Phi) is 5.43. The predicted octanol–water partition coefficient (Wildman–Crippen LogP) is 2.07. The molecule has 6 nitrogen and oxygen atoms in total. The fourth-order valence-corrected chi connectivity index (χ4v) is 2.77. The molecule has 0 bridgehead atoms. The number of benzene rings is 1. The van der Waals surface area contributed by atoms with E-state index in [-0.39, 0.29) is 11.7 Å². The first-order chi connectivity index (χ1) is 10.5. The molecule has 1 aromatic heterocycles. The molecule has 1 heterocycles. The second kappa shape index (κ2) is 7.31. The number of thioether (sulfide) groups is 1. The normalized spacial score (nSPS) is 10.7. The predicted molar refractivity (Wildman–Crippen MR) is 85.9 cm³/mol. The second-order valence-electron chi connectivity index (χ2n) is 4.88. The molecule has 22 heavy (non-hydrogen) atoms. The van der Waals surface area contributed by atoms with Crippen molar-refractivity contribution in [2.24, 2.45) is 5.73 Å². The molecule has 0 aliphatic heterocycles. The van der Waals surface area contributed by atoms with Crippen LogP contribution in [0.1, 0.15) is 23.9 Å². The van der Waals surface area contributed by atoms with Crippen LogP contribution in [-0.4, -0.2) is 26.4 Å². The summed E-state index contributed by atoms with van der Waals surface area (Å²) in [6, 6.07) is 5.96. The van der Waals surface area contributed by atoms with Gasteiger partial charge >= 0.3 is 0 Å². The molecule has 0 atom stereocenters. The Morgan fingerprint density at radius 1 is 1.36 bits per heavy atom. The monoisotopic (exact) mass is 320 g/mol. The maximum absolute atomic E-state index is 10.9. The highest BCUT2D eigenvalue weighted by atomic mass is 32.2. The number of primary amides is 1. The van der Waals surface area contributed by atoms with E-state index in [2.05, 4.69) is 23.2 Å². The summed E-state index contributed by atoms with van der Waals surface area (Å²) in [5.74, 6) is 1.40. The van der Waals surface area contributed by atoms with Crippen LogP contribution in [0, 0.1) is 13.8 Å². The van der Waals surface area contributed by atoms with Crippen molar-refractivity contribution in [2.75, 3.05) is 5.75 Å². The number of nitrogens with zero attached hydrogens (tertiary/aromatic N) is 3. The average Bonchev–Trinajstić information content (AvgIpc) is 2.88. The van der Waals surface area contributed by atoms with E-state index in [1.807, 2.05) is 30.5 Å². The number of carbonyl (C=O) groups is 1. The molecule has 0 aliphatic carbocycles. The van der Waals surface area contributed by atoms with E-state index >= 15 is 0 Å². The Hall–Kier alpha value is -2.02. The van der Waals surface area contributed by atoms with Crippen LogP contribution in [0.4, 0.5) is 0 Å². The summed E-state index contributed by atoms with van der Waals surface area (Å²) in [5, 5.41) is 8.93. The van der Waals surface area contributed by atoms with Gasteiger partial charge in [-0.3, -0.25) is 4.79 Å². The molecule has 2 aromatic rings. The molecule has 0 aliphatic rings. The van der Waals surface area contributed by atoms with Crippen molar-refractivity contribution < 1.29 is 9.53 Å². The summed E-state index contributed by atoms with van der Waals surface area (Å²) in [6.45, 7) is 7.12. The fourth-order valence-electron chi connectivity index (χ4n) is 2.01. The third-order valence-electron chi connectivity index (χ3n) is 3.36. The number of hydrogen-bond donors (Lipinski definition) is 1. The number of hydrogen-bond acceptors (Lipinski definition) is 5. The van der Waals surface area contributed by atoms with E-state index in [9.17, 15) is 4.79 Å². The highest BCUT2D eigenvalue weighted by molar-refractivity contribution is 7.99. The van der Waals surface area contributed by atoms with Gasteiger partial charge in [0.2, 0.25) is 5.91 Å². The smallest absolute Gasteiger partial charge is 0.227 e. The van der Waals surface area contributed by atoms with Crippen molar-refractivity contribution in [2.45, 2.75) is 39.1 Å². The van der Waals surface area contributed by atoms with E-state index in [0.717, 1.165) is 17.1 Å². The Morgan fingerprint density at radius 3 is 2.82 bits per heavy atom. The molecule has 2 rings (SSSR count). The molecule has 118 valence electrons. The second-order valence-corrected chi connectivity index (χ2v) is 5.83. The lowest BCUT2D eigenvalue weighted by Crippen LogP contribution is -2.14. The maximum atomic E-state index is 10.9. The summed E-state index contributed by atoms with van der Waals surface area (Å²) in [4.78, 5) is 10.9. The third-order valence-corrected chi connectivity index (χ3v) is 4.35. The highest BCUT2D eigenvalue weighted by Gasteiger charge is 2.13. The molecule has 0 saturated carbocycles. The number of amides is 1. The van der Waals surface area contributed by atoms with Gasteiger partial charge in [-0.2, -0.15) is 0 Å². The van der Waals surface area contributed by atoms with E-state index in [1.165, 1.54) is 17.3 Å². The maximum Gasteiger partial charge on any atom is 0.227 e. The highest BCUT2D eigenvalue weighted by Crippen LogP contribution is 2.22. The van der Waals surface area contributed by atoms with Crippen LogP contribution in [0.3, 0.4) is 0 Å². The average molecular weight is 320 g/mol. The number of aromatic nitrogens is 3. The van der Waals surface area contributed by atoms with Gasteiger partial charge in [0.1, 0.15) is 12.4 Å². The van der Waals surface area contributed by atoms with E-state index < -0.39 is 0 Å². The van der Waals surface area contributed by atoms with Gasteiger partial charge in [-0.25, -0.2) is 0 Å². The van der Waals surface area contributed by atoms with Crippen LogP contribution in [0.15, 0.2) is 23.4 Å². The number of nitrogens with two attached hydrogens (primary N) is 1. The zero-order valence-electron chi connectivity index (χ0n) is 13.0. The minimum atomic E-state index is -0.371. The van der Waals surface area contributed by atoms with E-state index in [4.69, 9.17) is 10.5 Å². The van der Waals surface area contributed by atoms with Gasteiger partial charge in [0.15, 0.2) is 11.0 Å². The van der Waals surface area contributed by atoms with Crippen LogP contribution in [0.25, 0.3) is 0 Å². The van der Waals surface area contributed by atoms with Gasteiger partial charge < -0.3 is 15.0 Å². The summed E-state index contributed by atoms with van der Waals surface area (Å²) in [5.41, 5.74) is 7.47. The summed E-state index contributed by atoms with van der Waals surface area (Å²) >= 11 is 1.29. The number of aryl methyl sites for hydroxylation is 1. The Balaban J connectivity index is 2.09. The number of carbonyl (C=O) groups excluding carboxylic acids is 1. The first-order valence-corrected chi connectivity index (χ1v) is 8.03. The van der Waals surface area contributed by atoms with E-state index in [1.54, 1.807) is 0 Å². The molecular weight excluding hydrogens is 300 g/mol. The molecule has 7 heteroatoms. The molecule has 1 amide bonds. The summed E-state index contributed by atoms with van der Waals surface area (Å²) in [7, 11) is 0. The van der Waals surface area contributed by atoms with Crippen LogP contribution >= 0.6 is 11.8 Å². The van der Waals surface area contributed by atoms with Gasteiger partial charge in [-0.1, -0.05) is 23.9 Å². The van der Waals surface area contributed by atoms with Crippen molar-refractivity contribution in [3.05, 3.63) is 35.2 Å². The van der Waals surface area contributed by atoms with Crippen LogP contribution in [0.2, 0.25) is 0 Å². The number of rotatable bonds is 7. The Bertz CT molecular complexity index is 670. The van der Waals surface area contributed by atoms with Crippen LogP contribution < -0.4 is 10.5 Å². The molecule has 0 spiro atoms. The first kappa shape index (κ1) is 16.4. The Morgan fingerprint density at radius 2 is 2.14 bits per heavy atom. The van der Waals surface area contributed by atoms with Gasteiger partial charge in [0, 0.05) is 6.54 Å². The lowest BCUT2D eigenvalue weighted by atomic mass is 10.1. The van der Waals surface area contributed by atoms with Gasteiger partial charge in [-0.15, -0.1) is 10.2 Å². The van der Waals surface area contributed by atoms with Crippen molar-refractivity contribution in [3.8, 4) is 5.75 Å². The topological polar surface area (TPSA) is 83.0 Å². The molecule has 0 fully saturated rings. The molecule has 0 radical (unpaired) electrons. The summed E-state index contributed by atoms with van der Waals surface area (Å²) < 4.78 is 7.79. The minimum Gasteiger partial charge on any atom is -0.485 e. The minimum absolute atomic E-state index is 0.190. The zero-order valence-corrected chi connectivity index (χ0v) is 13.8.